The number of hydrogen-bond donors (Lipinski definition) is 1. The Morgan fingerprint density at radius 2 is 2.00 bits per heavy atom. The van der Waals surface area contributed by atoms with Crippen molar-refractivity contribution in [2.24, 2.45) is 0 Å². The molecule has 118 valence electrons. The molecule has 0 atom stereocenters. The summed E-state index contributed by atoms with van der Waals surface area (Å²) in [5.41, 5.74) is 0.261. The molecule has 8 heteroatoms. The number of hydrogen-bond acceptors (Lipinski definition) is 4. The summed E-state index contributed by atoms with van der Waals surface area (Å²) in [6.45, 7) is 5.21. The van der Waals surface area contributed by atoms with Gasteiger partial charge in [0.25, 0.3) is 0 Å². The van der Waals surface area contributed by atoms with Gasteiger partial charge in [0, 0.05) is 10.7 Å². The fraction of sp³-hybridized carbons (Fsp3) is 0.462. The van der Waals surface area contributed by atoms with Crippen LogP contribution in [0.3, 0.4) is 0 Å². The third-order valence-corrected chi connectivity index (χ3v) is 3.36. The molecule has 0 aliphatic carbocycles. The van der Waals surface area contributed by atoms with Gasteiger partial charge in [-0.1, -0.05) is 17.7 Å². The lowest BCUT2D eigenvalue weighted by Crippen LogP contribution is -2.27. The fourth-order valence-corrected chi connectivity index (χ4v) is 2.22. The maximum absolute atomic E-state index is 12.5. The quantitative estimate of drug-likeness (QED) is 0.853. The number of benzene rings is 1. The molecule has 5 nitrogen and oxygen atoms in total. The Kier molecular flexibility index (Phi) is 5.58. The summed E-state index contributed by atoms with van der Waals surface area (Å²) in [6, 6.07) is 4.52. The van der Waals surface area contributed by atoms with E-state index >= 15 is 0 Å². The molecular weight excluding hydrogens is 321 g/mol. The van der Waals surface area contributed by atoms with Crippen LogP contribution in [0.5, 0.6) is 0 Å². The molecule has 0 radical (unpaired) electrons. The number of ether oxygens (including phenoxy) is 1. The van der Waals surface area contributed by atoms with Gasteiger partial charge in [0.05, 0.1) is 5.75 Å². The highest BCUT2D eigenvalue weighted by Gasteiger charge is 2.16. The van der Waals surface area contributed by atoms with E-state index in [0.29, 0.717) is 11.3 Å². The van der Waals surface area contributed by atoms with Crippen molar-refractivity contribution < 1.29 is 21.8 Å². The van der Waals surface area contributed by atoms with Crippen LogP contribution in [0, 0.1) is 0 Å². The van der Waals surface area contributed by atoms with Crippen molar-refractivity contribution >= 4 is 33.6 Å². The van der Waals surface area contributed by atoms with Gasteiger partial charge >= 0.3 is 16.3 Å². The minimum Gasteiger partial charge on any atom is -0.444 e. The van der Waals surface area contributed by atoms with E-state index in [-0.39, 0.29) is 11.4 Å². The minimum atomic E-state index is -4.54. The Morgan fingerprint density at radius 1 is 1.38 bits per heavy atom. The zero-order chi connectivity index (χ0) is 16.3. The Balaban J connectivity index is 2.72. The van der Waals surface area contributed by atoms with Gasteiger partial charge in [-0.05, 0) is 44.9 Å². The normalized spacial score (nSPS) is 12.0. The van der Waals surface area contributed by atoms with E-state index in [0.717, 1.165) is 0 Å². The van der Waals surface area contributed by atoms with Crippen molar-refractivity contribution in [1.29, 1.82) is 0 Å². The molecular formula is C13H17ClFNO4S. The van der Waals surface area contributed by atoms with Crippen molar-refractivity contribution in [3.63, 3.8) is 0 Å². The highest BCUT2D eigenvalue weighted by molar-refractivity contribution is 7.86. The molecule has 1 amide bonds. The first kappa shape index (κ1) is 17.7. The highest BCUT2D eigenvalue weighted by Crippen LogP contribution is 2.22. The molecule has 0 saturated heterocycles. The molecule has 0 aliphatic heterocycles. The molecule has 1 aromatic rings. The van der Waals surface area contributed by atoms with E-state index in [9.17, 15) is 17.1 Å². The van der Waals surface area contributed by atoms with E-state index in [4.69, 9.17) is 16.3 Å². The molecule has 1 N–H and O–H groups in total. The van der Waals surface area contributed by atoms with Crippen LogP contribution in [0.4, 0.5) is 14.4 Å². The van der Waals surface area contributed by atoms with Crippen LogP contribution in [-0.2, 0) is 21.4 Å². The van der Waals surface area contributed by atoms with Crippen molar-refractivity contribution in [1.82, 2.24) is 0 Å². The van der Waals surface area contributed by atoms with Crippen LogP contribution in [-0.4, -0.2) is 25.9 Å². The van der Waals surface area contributed by atoms with E-state index in [2.05, 4.69) is 5.32 Å². The highest BCUT2D eigenvalue weighted by atomic mass is 35.5. The Labute approximate surface area is 128 Å². The Morgan fingerprint density at radius 3 is 2.48 bits per heavy atom. The number of amides is 1. The van der Waals surface area contributed by atoms with E-state index < -0.39 is 27.7 Å². The summed E-state index contributed by atoms with van der Waals surface area (Å²) >= 11 is 5.97. The van der Waals surface area contributed by atoms with Gasteiger partial charge in [-0.25, -0.2) is 4.79 Å². The second-order valence-corrected chi connectivity index (χ2v) is 7.32. The molecule has 0 aromatic heterocycles. The molecule has 0 aliphatic rings. The molecule has 0 fully saturated rings. The lowest BCUT2D eigenvalue weighted by atomic mass is 10.1. The third kappa shape index (κ3) is 7.29. The topological polar surface area (TPSA) is 72.5 Å². The number of carbonyl (C=O) groups excluding carboxylic acids is 1. The van der Waals surface area contributed by atoms with Crippen LogP contribution < -0.4 is 5.32 Å². The molecule has 0 bridgehead atoms. The Bertz CT molecular complexity index is 626. The first-order valence-electron chi connectivity index (χ1n) is 6.17. The third-order valence-electron chi connectivity index (χ3n) is 2.31. The van der Waals surface area contributed by atoms with Gasteiger partial charge in [-0.2, -0.15) is 8.42 Å². The number of carbonyl (C=O) groups is 1. The van der Waals surface area contributed by atoms with Crippen LogP contribution in [0.2, 0.25) is 5.02 Å². The summed E-state index contributed by atoms with van der Waals surface area (Å²) in [7, 11) is -4.54. The summed E-state index contributed by atoms with van der Waals surface area (Å²) in [5, 5.41) is 2.74. The first-order chi connectivity index (χ1) is 9.46. The number of rotatable bonds is 4. The largest absolute Gasteiger partial charge is 0.444 e. The molecule has 21 heavy (non-hydrogen) atoms. The average Bonchev–Trinajstić information content (AvgIpc) is 2.23. The summed E-state index contributed by atoms with van der Waals surface area (Å²) < 4.78 is 38.5. The van der Waals surface area contributed by atoms with Crippen molar-refractivity contribution in [2.45, 2.75) is 32.8 Å². The van der Waals surface area contributed by atoms with Crippen molar-refractivity contribution in [3.8, 4) is 0 Å². The van der Waals surface area contributed by atoms with Crippen LogP contribution in [0.15, 0.2) is 18.2 Å². The molecule has 0 spiro atoms. The van der Waals surface area contributed by atoms with E-state index in [1.165, 1.54) is 18.2 Å². The monoisotopic (exact) mass is 337 g/mol. The number of nitrogens with one attached hydrogen (secondary N) is 1. The van der Waals surface area contributed by atoms with Crippen LogP contribution >= 0.6 is 11.6 Å². The average molecular weight is 338 g/mol. The van der Waals surface area contributed by atoms with Crippen LogP contribution in [0.25, 0.3) is 0 Å². The van der Waals surface area contributed by atoms with Gasteiger partial charge in [0.1, 0.15) is 5.60 Å². The van der Waals surface area contributed by atoms with Crippen LogP contribution in [0.1, 0.15) is 26.3 Å². The minimum absolute atomic E-state index is 0.0373. The molecule has 0 saturated carbocycles. The summed E-state index contributed by atoms with van der Waals surface area (Å²) in [4.78, 5) is 11.6. The van der Waals surface area contributed by atoms with Crippen molar-refractivity contribution in [2.75, 3.05) is 11.1 Å². The zero-order valence-electron chi connectivity index (χ0n) is 11.9. The smallest absolute Gasteiger partial charge is 0.412 e. The number of aryl methyl sites for hydroxylation is 1. The van der Waals surface area contributed by atoms with Gasteiger partial charge in [-0.3, -0.25) is 5.32 Å². The first-order valence-corrected chi connectivity index (χ1v) is 8.10. The molecule has 1 rings (SSSR count). The maximum atomic E-state index is 12.5. The summed E-state index contributed by atoms with van der Waals surface area (Å²) in [5.74, 6) is -0.633. The van der Waals surface area contributed by atoms with Gasteiger partial charge in [-0.15, -0.1) is 3.89 Å². The predicted molar refractivity (Wildman–Crippen MR) is 79.9 cm³/mol. The predicted octanol–water partition coefficient (Wildman–Crippen LogP) is 3.53. The molecule has 1 aromatic carbocycles. The van der Waals surface area contributed by atoms with Gasteiger partial charge in [0.2, 0.25) is 0 Å². The molecule has 0 heterocycles. The van der Waals surface area contributed by atoms with Gasteiger partial charge < -0.3 is 4.74 Å². The maximum Gasteiger partial charge on any atom is 0.412 e. The number of halogens is 2. The second kappa shape index (κ2) is 6.62. The second-order valence-electron chi connectivity index (χ2n) is 5.43. The standard InChI is InChI=1S/C13H17ClFNO4S/c1-13(2,3)20-12(17)16-10-5-4-9(11(14)8-10)6-7-21(15,18)19/h4-5,8H,6-7H2,1-3H3,(H,16,17). The van der Waals surface area contributed by atoms with E-state index in [1.807, 2.05) is 0 Å². The lowest BCUT2D eigenvalue weighted by Gasteiger charge is -2.19. The Hall–Kier alpha value is -1.34. The van der Waals surface area contributed by atoms with E-state index in [1.54, 1.807) is 20.8 Å². The SMILES string of the molecule is CC(C)(C)OC(=O)Nc1ccc(CCS(=O)(=O)F)c(Cl)c1. The fourth-order valence-electron chi connectivity index (χ4n) is 1.48. The lowest BCUT2D eigenvalue weighted by molar-refractivity contribution is 0.0636. The number of anilines is 1. The zero-order valence-corrected chi connectivity index (χ0v) is 13.5. The van der Waals surface area contributed by atoms with Crippen molar-refractivity contribution in [3.05, 3.63) is 28.8 Å². The molecule has 0 unspecified atom stereocenters. The summed E-state index contributed by atoms with van der Waals surface area (Å²) in [6.07, 6.45) is -0.664. The van der Waals surface area contributed by atoms with Gasteiger partial charge in [0.15, 0.2) is 0 Å².